The Kier molecular flexibility index (Phi) is 6.46. The molecule has 0 aliphatic rings. The second-order valence-electron chi connectivity index (χ2n) is 7.60. The molecule has 162 valence electrons. The molecule has 0 bridgehead atoms. The summed E-state index contributed by atoms with van der Waals surface area (Å²) in [6.45, 7) is 2.14. The molecular weight excluding hydrogens is 412 g/mol. The topological polar surface area (TPSA) is 118 Å². The number of carbonyl (C=O) groups excluding carboxylic acids is 1. The number of hydrogen-bond acceptors (Lipinski definition) is 7. The minimum absolute atomic E-state index is 0.0220. The summed E-state index contributed by atoms with van der Waals surface area (Å²) in [6, 6.07) is 13.7. The van der Waals surface area contributed by atoms with E-state index in [1.165, 1.54) is 11.8 Å². The maximum absolute atomic E-state index is 13.2. The first-order chi connectivity index (χ1) is 16.1. The van der Waals surface area contributed by atoms with Crippen LogP contribution >= 0.6 is 0 Å². The number of aryl methyl sites for hydroxylation is 1. The van der Waals surface area contributed by atoms with Gasteiger partial charge >= 0.3 is 0 Å². The second kappa shape index (κ2) is 9.79. The molecule has 0 amide bonds. The Morgan fingerprint density at radius 2 is 1.73 bits per heavy atom. The van der Waals surface area contributed by atoms with E-state index in [0.717, 1.165) is 24.0 Å². The molecule has 3 aromatic heterocycles. The third kappa shape index (κ3) is 4.75. The average molecular weight is 435 g/mol. The third-order valence-corrected chi connectivity index (χ3v) is 5.34. The van der Waals surface area contributed by atoms with Gasteiger partial charge in [-0.3, -0.25) is 14.8 Å². The highest BCUT2D eigenvalue weighted by molar-refractivity contribution is 6.00. The Labute approximate surface area is 192 Å². The number of ketones is 1. The lowest BCUT2D eigenvalue weighted by Crippen LogP contribution is -2.12. The zero-order valence-electron chi connectivity index (χ0n) is 18.2. The van der Waals surface area contributed by atoms with Gasteiger partial charge < -0.3 is 5.73 Å². The molecule has 0 saturated carbocycles. The summed E-state index contributed by atoms with van der Waals surface area (Å²) in [5.74, 6) is -0.190. The standard InChI is InChI=1S/C26H22N6O/c1-2-3-17-4-6-18(7-5-17)23-16-31-26(28)25(32-23)24(33)12-19-14-29-10-8-21(19)22-9-11-30-15-20(22)13-27/h4-11,14-16H,2-3,12H2,1H3,(H2,28,31). The third-order valence-electron chi connectivity index (χ3n) is 5.34. The van der Waals surface area contributed by atoms with Crippen LogP contribution in [0.5, 0.6) is 0 Å². The average Bonchev–Trinajstić information content (AvgIpc) is 2.85. The van der Waals surface area contributed by atoms with Crippen LogP contribution < -0.4 is 5.73 Å². The Morgan fingerprint density at radius 1 is 1.00 bits per heavy atom. The molecule has 2 N–H and O–H groups in total. The molecule has 1 aromatic carbocycles. The number of nitrogen functional groups attached to an aromatic ring is 1. The van der Waals surface area contributed by atoms with Crippen LogP contribution in [0.2, 0.25) is 0 Å². The van der Waals surface area contributed by atoms with Crippen LogP contribution in [0.25, 0.3) is 22.4 Å². The van der Waals surface area contributed by atoms with Gasteiger partial charge in [-0.15, -0.1) is 0 Å². The number of nitrogens with two attached hydrogens (primary N) is 1. The van der Waals surface area contributed by atoms with E-state index in [1.807, 2.05) is 12.1 Å². The van der Waals surface area contributed by atoms with Crippen molar-refractivity contribution in [1.82, 2.24) is 19.9 Å². The number of hydrogen-bond donors (Lipinski definition) is 1. The molecule has 3 heterocycles. The molecule has 0 aliphatic carbocycles. The number of nitriles is 1. The molecule has 0 saturated heterocycles. The van der Waals surface area contributed by atoms with Crippen LogP contribution in [0.4, 0.5) is 5.82 Å². The van der Waals surface area contributed by atoms with Gasteiger partial charge in [0.15, 0.2) is 11.6 Å². The summed E-state index contributed by atoms with van der Waals surface area (Å²) in [5, 5.41) is 9.45. The zero-order valence-corrected chi connectivity index (χ0v) is 18.2. The Bertz CT molecular complexity index is 1340. The number of Topliss-reactive ketones (excluding diaryl/α,β-unsaturated/α-hetero) is 1. The van der Waals surface area contributed by atoms with E-state index in [4.69, 9.17) is 5.73 Å². The lowest BCUT2D eigenvalue weighted by molar-refractivity contribution is 0.0989. The number of carbonyl (C=O) groups is 1. The maximum atomic E-state index is 13.2. The number of benzene rings is 1. The highest BCUT2D eigenvalue weighted by Crippen LogP contribution is 2.27. The van der Waals surface area contributed by atoms with Gasteiger partial charge in [-0.1, -0.05) is 37.6 Å². The first-order valence-electron chi connectivity index (χ1n) is 10.6. The lowest BCUT2D eigenvalue weighted by Gasteiger charge is -2.11. The molecule has 0 fully saturated rings. The van der Waals surface area contributed by atoms with E-state index in [2.05, 4.69) is 45.1 Å². The monoisotopic (exact) mass is 434 g/mol. The summed E-state index contributed by atoms with van der Waals surface area (Å²) >= 11 is 0. The van der Waals surface area contributed by atoms with Gasteiger partial charge in [0.2, 0.25) is 0 Å². The molecule has 4 rings (SSSR count). The number of pyridine rings is 2. The molecule has 0 radical (unpaired) electrons. The fourth-order valence-electron chi connectivity index (χ4n) is 3.68. The summed E-state index contributed by atoms with van der Waals surface area (Å²) < 4.78 is 0. The summed E-state index contributed by atoms with van der Waals surface area (Å²) in [6.07, 6.45) is 10.0. The van der Waals surface area contributed by atoms with Crippen molar-refractivity contribution < 1.29 is 4.79 Å². The second-order valence-corrected chi connectivity index (χ2v) is 7.60. The Balaban J connectivity index is 1.65. The van der Waals surface area contributed by atoms with Crippen molar-refractivity contribution in [3.8, 4) is 28.5 Å². The molecule has 0 aliphatic heterocycles. The van der Waals surface area contributed by atoms with Gasteiger partial charge in [-0.2, -0.15) is 5.26 Å². The van der Waals surface area contributed by atoms with Gasteiger partial charge in [0, 0.05) is 42.3 Å². The maximum Gasteiger partial charge on any atom is 0.189 e. The molecule has 4 aromatic rings. The predicted octanol–water partition coefficient (Wildman–Crippen LogP) is 4.43. The fourth-order valence-corrected chi connectivity index (χ4v) is 3.68. The summed E-state index contributed by atoms with van der Waals surface area (Å²) in [7, 11) is 0. The van der Waals surface area contributed by atoms with E-state index in [-0.39, 0.29) is 23.7 Å². The predicted molar refractivity (Wildman–Crippen MR) is 126 cm³/mol. The van der Waals surface area contributed by atoms with Gasteiger partial charge in [-0.05, 0) is 35.2 Å². The largest absolute Gasteiger partial charge is 0.382 e. The Morgan fingerprint density at radius 3 is 2.45 bits per heavy atom. The van der Waals surface area contributed by atoms with Gasteiger partial charge in [0.1, 0.15) is 11.8 Å². The fraction of sp³-hybridized carbons (Fsp3) is 0.154. The molecule has 33 heavy (non-hydrogen) atoms. The van der Waals surface area contributed by atoms with Crippen molar-refractivity contribution >= 4 is 11.6 Å². The molecule has 7 nitrogen and oxygen atoms in total. The van der Waals surface area contributed by atoms with Crippen molar-refractivity contribution in [2.45, 2.75) is 26.2 Å². The first kappa shape index (κ1) is 21.8. The van der Waals surface area contributed by atoms with Gasteiger partial charge in [0.25, 0.3) is 0 Å². The molecular formula is C26H22N6O. The van der Waals surface area contributed by atoms with Gasteiger partial charge in [-0.25, -0.2) is 9.97 Å². The van der Waals surface area contributed by atoms with Crippen LogP contribution in [0, 0.1) is 11.3 Å². The highest BCUT2D eigenvalue weighted by Gasteiger charge is 2.18. The van der Waals surface area contributed by atoms with E-state index < -0.39 is 0 Å². The van der Waals surface area contributed by atoms with Crippen molar-refractivity contribution in [1.29, 1.82) is 5.26 Å². The molecule has 0 unspecified atom stereocenters. The highest BCUT2D eigenvalue weighted by atomic mass is 16.1. The quantitative estimate of drug-likeness (QED) is 0.427. The van der Waals surface area contributed by atoms with Gasteiger partial charge in [0.05, 0.1) is 17.5 Å². The minimum atomic E-state index is -0.272. The molecule has 0 spiro atoms. The summed E-state index contributed by atoms with van der Waals surface area (Å²) in [5.41, 5.74) is 11.4. The van der Waals surface area contributed by atoms with Crippen LogP contribution in [0.1, 0.15) is 40.5 Å². The van der Waals surface area contributed by atoms with Crippen molar-refractivity contribution in [3.05, 3.63) is 89.8 Å². The van der Waals surface area contributed by atoms with Crippen LogP contribution in [-0.2, 0) is 12.8 Å². The number of anilines is 1. The number of nitrogens with zero attached hydrogens (tertiary/aromatic N) is 5. The first-order valence-corrected chi connectivity index (χ1v) is 10.6. The normalized spacial score (nSPS) is 10.5. The van der Waals surface area contributed by atoms with E-state index >= 15 is 0 Å². The smallest absolute Gasteiger partial charge is 0.189 e. The van der Waals surface area contributed by atoms with Crippen LogP contribution in [-0.4, -0.2) is 25.7 Å². The Hall–Kier alpha value is -4.44. The van der Waals surface area contributed by atoms with Crippen molar-refractivity contribution in [3.63, 3.8) is 0 Å². The zero-order chi connectivity index (χ0) is 23.2. The molecule has 7 heteroatoms. The van der Waals surface area contributed by atoms with E-state index in [9.17, 15) is 10.1 Å². The summed E-state index contributed by atoms with van der Waals surface area (Å²) in [4.78, 5) is 30.1. The van der Waals surface area contributed by atoms with Crippen molar-refractivity contribution in [2.75, 3.05) is 5.73 Å². The lowest BCUT2D eigenvalue weighted by atomic mass is 9.95. The number of rotatable bonds is 7. The van der Waals surface area contributed by atoms with Crippen LogP contribution in [0.15, 0.2) is 67.4 Å². The number of aromatic nitrogens is 4. The molecule has 0 atom stereocenters. The van der Waals surface area contributed by atoms with E-state index in [1.54, 1.807) is 36.9 Å². The van der Waals surface area contributed by atoms with Crippen molar-refractivity contribution in [2.24, 2.45) is 0 Å². The SMILES string of the molecule is CCCc1ccc(-c2cnc(N)c(C(=O)Cc3cnccc3-c3ccncc3C#N)n2)cc1. The minimum Gasteiger partial charge on any atom is -0.382 e. The van der Waals surface area contributed by atoms with Crippen LogP contribution in [0.3, 0.4) is 0 Å². The van der Waals surface area contributed by atoms with E-state index in [0.29, 0.717) is 22.4 Å².